The number of pyridine rings is 1. The van der Waals surface area contributed by atoms with Crippen molar-refractivity contribution in [2.75, 3.05) is 32.7 Å². The first-order chi connectivity index (χ1) is 17.5. The number of carbonyl (C=O) groups is 1. The van der Waals surface area contributed by atoms with Crippen LogP contribution >= 0.6 is 0 Å². The summed E-state index contributed by atoms with van der Waals surface area (Å²) in [7, 11) is 0. The molecule has 3 fully saturated rings. The number of allylic oxidation sites excluding steroid dienone is 4. The van der Waals surface area contributed by atoms with Crippen molar-refractivity contribution in [2.24, 2.45) is 33.7 Å². The number of rotatable bonds is 4. The molecule has 36 heavy (non-hydrogen) atoms. The van der Waals surface area contributed by atoms with Crippen molar-refractivity contribution in [3.63, 3.8) is 0 Å². The van der Waals surface area contributed by atoms with Gasteiger partial charge in [-0.05, 0) is 96.8 Å². The van der Waals surface area contributed by atoms with Gasteiger partial charge in [0.15, 0.2) is 0 Å². The van der Waals surface area contributed by atoms with Crippen LogP contribution in [0.3, 0.4) is 0 Å². The number of aromatic nitrogens is 1. The summed E-state index contributed by atoms with van der Waals surface area (Å²) < 4.78 is 0. The normalized spacial score (nSPS) is 37.4. The molecule has 5 atom stereocenters. The molecule has 192 valence electrons. The minimum absolute atomic E-state index is 0.241. The fourth-order valence-electron chi connectivity index (χ4n) is 8.37. The van der Waals surface area contributed by atoms with Gasteiger partial charge in [-0.1, -0.05) is 36.7 Å². The van der Waals surface area contributed by atoms with Crippen molar-refractivity contribution in [2.45, 2.75) is 58.8 Å². The Kier molecular flexibility index (Phi) is 6.37. The molecule has 0 bridgehead atoms. The summed E-state index contributed by atoms with van der Waals surface area (Å²) in [5, 5.41) is 7.63. The zero-order valence-corrected chi connectivity index (χ0v) is 21.8. The van der Waals surface area contributed by atoms with Crippen molar-refractivity contribution in [1.82, 2.24) is 15.2 Å². The molecule has 0 amide bonds. The van der Waals surface area contributed by atoms with Crippen LogP contribution in [-0.2, 0) is 9.63 Å². The third-order valence-corrected chi connectivity index (χ3v) is 10.4. The van der Waals surface area contributed by atoms with Crippen LogP contribution in [0.15, 0.2) is 47.4 Å². The Hall–Kier alpha value is -2.31. The Morgan fingerprint density at radius 2 is 2.03 bits per heavy atom. The fourth-order valence-corrected chi connectivity index (χ4v) is 8.37. The molecule has 1 N–H and O–H groups in total. The molecule has 1 saturated heterocycles. The van der Waals surface area contributed by atoms with E-state index in [-0.39, 0.29) is 16.8 Å². The van der Waals surface area contributed by atoms with E-state index in [1.54, 1.807) is 0 Å². The first-order valence-corrected chi connectivity index (χ1v) is 14.0. The van der Waals surface area contributed by atoms with Gasteiger partial charge in [0.25, 0.3) is 0 Å². The largest absolute Gasteiger partial charge is 0.348 e. The van der Waals surface area contributed by atoms with Crippen LogP contribution in [0.25, 0.3) is 5.57 Å². The lowest BCUT2D eigenvalue weighted by Crippen LogP contribution is -2.49. The molecule has 4 aliphatic carbocycles. The van der Waals surface area contributed by atoms with Gasteiger partial charge < -0.3 is 10.2 Å². The van der Waals surface area contributed by atoms with Crippen LogP contribution < -0.4 is 5.32 Å². The van der Waals surface area contributed by atoms with Gasteiger partial charge in [0.2, 0.25) is 0 Å². The Labute approximate surface area is 215 Å². The van der Waals surface area contributed by atoms with Crippen LogP contribution in [0.4, 0.5) is 0 Å². The van der Waals surface area contributed by atoms with E-state index in [0.29, 0.717) is 6.54 Å². The van der Waals surface area contributed by atoms with Crippen molar-refractivity contribution in [3.8, 4) is 0 Å². The number of hydrogen-bond acceptors (Lipinski definition) is 6. The summed E-state index contributed by atoms with van der Waals surface area (Å²) in [4.78, 5) is 24.2. The lowest BCUT2D eigenvalue weighted by molar-refractivity contribution is -0.145. The second kappa shape index (κ2) is 9.53. The van der Waals surface area contributed by atoms with E-state index < -0.39 is 0 Å². The van der Waals surface area contributed by atoms with Crippen molar-refractivity contribution in [1.29, 1.82) is 0 Å². The lowest BCUT2D eigenvalue weighted by atomic mass is 9.46. The molecule has 1 aliphatic heterocycles. The number of nitrogens with one attached hydrogen (secondary N) is 1. The van der Waals surface area contributed by atoms with Crippen molar-refractivity contribution < 1.29 is 9.63 Å². The predicted molar refractivity (Wildman–Crippen MR) is 142 cm³/mol. The zero-order chi connectivity index (χ0) is 24.8. The molecule has 0 radical (unpaired) electrons. The monoisotopic (exact) mass is 488 g/mol. The minimum Gasteiger partial charge on any atom is -0.317 e. The number of oxime groups is 1. The lowest BCUT2D eigenvalue weighted by Gasteiger charge is -2.58. The van der Waals surface area contributed by atoms with E-state index in [1.807, 2.05) is 12.4 Å². The quantitative estimate of drug-likeness (QED) is 0.485. The highest BCUT2D eigenvalue weighted by molar-refractivity contribution is 5.96. The molecular formula is C30H40N4O2. The second-order valence-electron chi connectivity index (χ2n) is 12.1. The Morgan fingerprint density at radius 1 is 1.17 bits per heavy atom. The standard InChI is InChI=1S/C30H40N4O2/c1-29-11-9-23(33-36-28(35)20-34-16-14-31-15-17-34)18-22(29)5-6-24-26-8-7-25(21-4-3-13-32-19-21)30(26,2)12-10-27(24)29/h3-4,7,13,18-19,24,26-27,31H,5-6,8-12,14-17,20H2,1-2H3/t24-,26+,27+,29+,30-/m1/s1. The van der Waals surface area contributed by atoms with E-state index in [2.05, 4.69) is 58.5 Å². The van der Waals surface area contributed by atoms with Gasteiger partial charge in [-0.25, -0.2) is 4.79 Å². The molecule has 5 aliphatic rings. The second-order valence-corrected chi connectivity index (χ2v) is 12.1. The highest BCUT2D eigenvalue weighted by atomic mass is 16.7. The smallest absolute Gasteiger partial charge is 0.317 e. The topological polar surface area (TPSA) is 66.8 Å². The Balaban J connectivity index is 1.14. The number of hydrogen-bond donors (Lipinski definition) is 1. The SMILES string of the molecule is C[C@]12CCC(=NOC(=O)CN3CCNCC3)C=C1CC[C@H]1[C@@H]2CC[C@]2(C)C(c3cccnc3)=CC[C@@H]12. The number of carbonyl (C=O) groups excluding carboxylic acids is 1. The maximum absolute atomic E-state index is 12.3. The number of fused-ring (bicyclic) bond motifs is 5. The average Bonchev–Trinajstić information content (AvgIpc) is 3.26. The van der Waals surface area contributed by atoms with Crippen LogP contribution in [-0.4, -0.2) is 54.3 Å². The van der Waals surface area contributed by atoms with Gasteiger partial charge in [-0.3, -0.25) is 9.88 Å². The van der Waals surface area contributed by atoms with Crippen LogP contribution in [0.5, 0.6) is 0 Å². The van der Waals surface area contributed by atoms with E-state index in [0.717, 1.165) is 68.9 Å². The third kappa shape index (κ3) is 4.16. The average molecular weight is 489 g/mol. The molecule has 1 aromatic heterocycles. The van der Waals surface area contributed by atoms with Crippen LogP contribution in [0.1, 0.15) is 64.4 Å². The molecular weight excluding hydrogens is 448 g/mol. The Morgan fingerprint density at radius 3 is 2.83 bits per heavy atom. The summed E-state index contributed by atoms with van der Waals surface area (Å²) in [6.07, 6.45) is 16.9. The summed E-state index contributed by atoms with van der Waals surface area (Å²) >= 11 is 0. The summed E-state index contributed by atoms with van der Waals surface area (Å²) in [5.74, 6) is 1.98. The molecule has 6 rings (SSSR count). The van der Waals surface area contributed by atoms with Gasteiger partial charge in [0.1, 0.15) is 0 Å². The van der Waals surface area contributed by atoms with E-state index in [9.17, 15) is 4.79 Å². The van der Waals surface area contributed by atoms with Crippen LogP contribution in [0, 0.1) is 28.6 Å². The first-order valence-electron chi connectivity index (χ1n) is 14.0. The number of piperazine rings is 1. The summed E-state index contributed by atoms with van der Waals surface area (Å²) in [5.41, 5.74) is 5.83. The van der Waals surface area contributed by atoms with Gasteiger partial charge in [-0.2, -0.15) is 0 Å². The molecule has 1 aromatic rings. The van der Waals surface area contributed by atoms with E-state index >= 15 is 0 Å². The first kappa shape index (κ1) is 24.1. The van der Waals surface area contributed by atoms with Crippen LogP contribution in [0.2, 0.25) is 0 Å². The van der Waals surface area contributed by atoms with E-state index in [1.165, 1.54) is 42.4 Å². The Bertz CT molecular complexity index is 1090. The zero-order valence-electron chi connectivity index (χ0n) is 21.8. The molecule has 6 heteroatoms. The highest BCUT2D eigenvalue weighted by Gasteiger charge is 2.57. The molecule has 2 saturated carbocycles. The van der Waals surface area contributed by atoms with Gasteiger partial charge in [-0.15, -0.1) is 0 Å². The minimum atomic E-state index is -0.246. The van der Waals surface area contributed by atoms with Gasteiger partial charge >= 0.3 is 5.97 Å². The molecule has 0 unspecified atom stereocenters. The maximum Gasteiger partial charge on any atom is 0.348 e. The molecule has 2 heterocycles. The molecule has 0 aromatic carbocycles. The molecule has 0 spiro atoms. The van der Waals surface area contributed by atoms with E-state index in [4.69, 9.17) is 4.84 Å². The van der Waals surface area contributed by atoms with Gasteiger partial charge in [0.05, 0.1) is 12.3 Å². The van der Waals surface area contributed by atoms with Crippen molar-refractivity contribution in [3.05, 3.63) is 47.8 Å². The van der Waals surface area contributed by atoms with Gasteiger partial charge in [0, 0.05) is 38.6 Å². The molecule has 6 nitrogen and oxygen atoms in total. The number of nitrogens with zero attached hydrogens (tertiary/aromatic N) is 3. The third-order valence-electron chi connectivity index (χ3n) is 10.4. The summed E-state index contributed by atoms with van der Waals surface area (Å²) in [6, 6.07) is 4.31. The predicted octanol–water partition coefficient (Wildman–Crippen LogP) is 4.84. The maximum atomic E-state index is 12.3. The summed E-state index contributed by atoms with van der Waals surface area (Å²) in [6.45, 7) is 8.98. The highest BCUT2D eigenvalue weighted by Crippen LogP contribution is 2.66. The fraction of sp³-hybridized carbons (Fsp3) is 0.633. The van der Waals surface area contributed by atoms with Crippen molar-refractivity contribution >= 4 is 17.3 Å².